The average molecular weight is 719 g/mol. The lowest BCUT2D eigenvalue weighted by Crippen LogP contribution is -2.37. The number of carbonyl (C=O) groups excluding carboxylic acids is 1. The van der Waals surface area contributed by atoms with Crippen LogP contribution in [0.3, 0.4) is 0 Å². The van der Waals surface area contributed by atoms with E-state index in [9.17, 15) is 4.79 Å². The largest absolute Gasteiger partial charge is 0.398 e. The van der Waals surface area contributed by atoms with Gasteiger partial charge in [0.25, 0.3) is 5.91 Å². The van der Waals surface area contributed by atoms with Crippen LogP contribution < -0.4 is 16.4 Å². The smallest absolute Gasteiger partial charge is 0.255 e. The van der Waals surface area contributed by atoms with Gasteiger partial charge < -0.3 is 21.1 Å². The van der Waals surface area contributed by atoms with Crippen LogP contribution in [0, 0.1) is 6.92 Å². The number of aliphatic imine (C=N–C) groups is 1. The van der Waals surface area contributed by atoms with Crippen LogP contribution in [0.4, 0.5) is 11.4 Å². The summed E-state index contributed by atoms with van der Waals surface area (Å²) >= 11 is 8.83. The monoisotopic (exact) mass is 716 g/mol. The van der Waals surface area contributed by atoms with Crippen molar-refractivity contribution in [1.29, 1.82) is 0 Å². The van der Waals surface area contributed by atoms with E-state index in [1.54, 1.807) is 30.2 Å². The summed E-state index contributed by atoms with van der Waals surface area (Å²) in [4.78, 5) is 23.0. The molecule has 1 fully saturated rings. The van der Waals surface area contributed by atoms with E-state index in [4.69, 9.17) is 10.5 Å². The Morgan fingerprint density at radius 3 is 2.55 bits per heavy atom. The van der Waals surface area contributed by atoms with Crippen molar-refractivity contribution in [3.05, 3.63) is 91.5 Å². The number of aryl methyl sites for hydroxylation is 1. The molecule has 3 aromatic rings. The number of nitrogen functional groups attached to an aromatic ring is 1. The van der Waals surface area contributed by atoms with Gasteiger partial charge in [0.1, 0.15) is 0 Å². The van der Waals surface area contributed by atoms with Crippen molar-refractivity contribution in [2.75, 3.05) is 56.7 Å². The van der Waals surface area contributed by atoms with E-state index in [1.165, 1.54) is 0 Å². The Labute approximate surface area is 269 Å². The summed E-state index contributed by atoms with van der Waals surface area (Å²) in [5, 5.41) is 8.34. The maximum Gasteiger partial charge on any atom is 0.255 e. The van der Waals surface area contributed by atoms with Crippen molar-refractivity contribution in [3.8, 4) is 0 Å². The third-order valence-corrected chi connectivity index (χ3v) is 8.40. The number of rotatable bonds is 11. The van der Waals surface area contributed by atoms with Crippen molar-refractivity contribution >= 4 is 73.3 Å². The highest BCUT2D eigenvalue weighted by Crippen LogP contribution is 2.28. The Morgan fingerprint density at radius 1 is 1.19 bits per heavy atom. The number of anilines is 2. The number of amides is 1. The molecular formula is C31H38Br2N6O2S. The number of ether oxygens (including phenoxy) is 1. The van der Waals surface area contributed by atoms with Crippen LogP contribution in [-0.4, -0.2) is 68.2 Å². The Bertz CT molecular complexity index is 1330. The van der Waals surface area contributed by atoms with Crippen molar-refractivity contribution in [2.45, 2.75) is 19.9 Å². The van der Waals surface area contributed by atoms with Crippen LogP contribution >= 0.6 is 43.6 Å². The average Bonchev–Trinajstić information content (AvgIpc) is 3.00. The Kier molecular flexibility index (Phi) is 14.7. The van der Waals surface area contributed by atoms with Gasteiger partial charge in [0.2, 0.25) is 0 Å². The summed E-state index contributed by atoms with van der Waals surface area (Å²) in [5.41, 5.74) is 11.8. The van der Waals surface area contributed by atoms with Gasteiger partial charge in [0.15, 0.2) is 0 Å². The molecule has 2 heterocycles. The highest BCUT2D eigenvalue weighted by molar-refractivity contribution is 9.11. The standard InChI is InChI=1S/C22H28Br2N4O2.C9H10N2S/c1-15-3-4-17(13-21(15)25)27-22(29)16-11-19(23)18(20(24)12-16)14-26-5-2-6-28-7-9-30-10-8-28;1-10-9(7-12-2)8-4-3-5-11-6-8/h3-4,11-13,26H,2,5-10,14,25H2,1H3,(H,27,29);3-7H,1H2,2H3/b;9-7-. The van der Waals surface area contributed by atoms with Crippen molar-refractivity contribution < 1.29 is 9.53 Å². The summed E-state index contributed by atoms with van der Waals surface area (Å²) in [6.45, 7) is 11.9. The number of nitrogens with zero attached hydrogens (tertiary/aromatic N) is 3. The van der Waals surface area contributed by atoms with E-state index >= 15 is 0 Å². The number of nitrogens with one attached hydrogen (secondary N) is 2. The predicted octanol–water partition coefficient (Wildman–Crippen LogP) is 6.61. The molecule has 0 saturated carbocycles. The lowest BCUT2D eigenvalue weighted by Gasteiger charge is -2.26. The van der Waals surface area contributed by atoms with Crippen LogP contribution in [0.2, 0.25) is 0 Å². The highest BCUT2D eigenvalue weighted by Gasteiger charge is 2.14. The van der Waals surface area contributed by atoms with Gasteiger partial charge in [-0.1, -0.05) is 37.9 Å². The van der Waals surface area contributed by atoms with Crippen LogP contribution in [0.25, 0.3) is 5.70 Å². The molecule has 1 amide bonds. The first-order valence-electron chi connectivity index (χ1n) is 13.6. The Morgan fingerprint density at radius 2 is 1.93 bits per heavy atom. The molecule has 8 nitrogen and oxygen atoms in total. The van der Waals surface area contributed by atoms with Crippen LogP contribution in [-0.2, 0) is 11.3 Å². The molecule has 1 saturated heterocycles. The summed E-state index contributed by atoms with van der Waals surface area (Å²) in [6, 6.07) is 13.1. The molecule has 1 aliphatic heterocycles. The normalized spacial score (nSPS) is 13.7. The molecule has 2 aromatic carbocycles. The maximum atomic E-state index is 12.7. The number of benzene rings is 2. The Balaban J connectivity index is 0.000000337. The second-order valence-electron chi connectivity index (χ2n) is 9.57. The predicted molar refractivity (Wildman–Crippen MR) is 184 cm³/mol. The number of aromatic nitrogens is 1. The minimum atomic E-state index is -0.176. The summed E-state index contributed by atoms with van der Waals surface area (Å²) in [5.74, 6) is -0.176. The number of morpholine rings is 1. The topological polar surface area (TPSA) is 105 Å². The number of thioether (sulfide) groups is 1. The number of hydrogen-bond donors (Lipinski definition) is 3. The van der Waals surface area contributed by atoms with E-state index in [-0.39, 0.29) is 5.91 Å². The number of pyridine rings is 1. The third kappa shape index (κ3) is 10.9. The van der Waals surface area contributed by atoms with E-state index in [0.29, 0.717) is 16.9 Å². The first-order chi connectivity index (χ1) is 20.3. The SMILES string of the molecule is C=N/C(=C\SC)c1cccnc1.Cc1ccc(NC(=O)c2cc(Br)c(CNCCCN3CCOCC3)c(Br)c2)cc1N. The van der Waals surface area contributed by atoms with Crippen LogP contribution in [0.15, 0.2) is 74.2 Å². The maximum absolute atomic E-state index is 12.7. The fourth-order valence-corrected chi connectivity index (χ4v) is 6.01. The van der Waals surface area contributed by atoms with Crippen molar-refractivity contribution in [1.82, 2.24) is 15.2 Å². The van der Waals surface area contributed by atoms with E-state index < -0.39 is 0 Å². The lowest BCUT2D eigenvalue weighted by atomic mass is 10.1. The van der Waals surface area contributed by atoms with Gasteiger partial charge in [0, 0.05) is 63.5 Å². The molecule has 4 rings (SSSR count). The van der Waals surface area contributed by atoms with Gasteiger partial charge in [-0.2, -0.15) is 0 Å². The van der Waals surface area contributed by atoms with Gasteiger partial charge >= 0.3 is 0 Å². The Hall–Kier alpha value is -2.54. The number of halogens is 2. The molecule has 1 aromatic heterocycles. The summed E-state index contributed by atoms with van der Waals surface area (Å²) < 4.78 is 7.17. The minimum absolute atomic E-state index is 0.176. The molecule has 224 valence electrons. The highest BCUT2D eigenvalue weighted by atomic mass is 79.9. The molecular weight excluding hydrogens is 680 g/mol. The molecule has 11 heteroatoms. The quantitative estimate of drug-likeness (QED) is 0.117. The number of carbonyl (C=O) groups is 1. The summed E-state index contributed by atoms with van der Waals surface area (Å²) in [6.07, 6.45) is 6.59. The minimum Gasteiger partial charge on any atom is -0.398 e. The van der Waals surface area contributed by atoms with E-state index in [0.717, 1.165) is 83.7 Å². The van der Waals surface area contributed by atoms with Gasteiger partial charge in [0.05, 0.1) is 18.9 Å². The van der Waals surface area contributed by atoms with Crippen molar-refractivity contribution in [2.24, 2.45) is 4.99 Å². The van der Waals surface area contributed by atoms with Gasteiger partial charge in [-0.3, -0.25) is 19.7 Å². The molecule has 0 bridgehead atoms. The molecule has 0 aliphatic carbocycles. The number of nitrogens with two attached hydrogens (primary N) is 1. The lowest BCUT2D eigenvalue weighted by molar-refractivity contribution is 0.0374. The molecule has 0 unspecified atom stereocenters. The third-order valence-electron chi connectivity index (χ3n) is 6.53. The zero-order valence-electron chi connectivity index (χ0n) is 24.0. The van der Waals surface area contributed by atoms with Crippen LogP contribution in [0.5, 0.6) is 0 Å². The molecule has 0 radical (unpaired) electrons. The molecule has 0 atom stereocenters. The van der Waals surface area contributed by atoms with Gasteiger partial charge in [-0.05, 0) is 92.3 Å². The zero-order chi connectivity index (χ0) is 30.3. The summed E-state index contributed by atoms with van der Waals surface area (Å²) in [7, 11) is 0. The first kappa shape index (κ1) is 34.0. The van der Waals surface area contributed by atoms with E-state index in [1.807, 2.05) is 55.0 Å². The fraction of sp³-hybridized carbons (Fsp3) is 0.323. The second-order valence-corrected chi connectivity index (χ2v) is 12.0. The van der Waals surface area contributed by atoms with Gasteiger partial charge in [-0.25, -0.2) is 0 Å². The van der Waals surface area contributed by atoms with Gasteiger partial charge in [-0.15, -0.1) is 11.8 Å². The second kappa shape index (κ2) is 18.2. The molecule has 0 spiro atoms. The number of hydrogen-bond acceptors (Lipinski definition) is 8. The van der Waals surface area contributed by atoms with Crippen LogP contribution in [0.1, 0.15) is 33.5 Å². The molecule has 4 N–H and O–H groups in total. The zero-order valence-corrected chi connectivity index (χ0v) is 28.0. The fourth-order valence-electron chi connectivity index (χ4n) is 4.11. The molecule has 1 aliphatic rings. The molecule has 42 heavy (non-hydrogen) atoms. The van der Waals surface area contributed by atoms with E-state index in [2.05, 4.69) is 64.1 Å². The first-order valence-corrected chi connectivity index (χ1v) is 16.5. The van der Waals surface area contributed by atoms with Crippen molar-refractivity contribution in [3.63, 3.8) is 0 Å².